The van der Waals surface area contributed by atoms with Gasteiger partial charge in [0.25, 0.3) is 0 Å². The number of phosphoric acid groups is 1. The number of hydrogen-bond donors (Lipinski definition) is 1. The first kappa shape index (κ1) is 35.4. The van der Waals surface area contributed by atoms with Crippen molar-refractivity contribution in [3.05, 3.63) is 131 Å². The standard InChI is InChI=1S/C37H42NO9P/c39-37(44-29-36-34-17-9-7-15-32(34)33-16-8-10-18-35(33)36)38-19-20-41-21-22-42-23-24-43-25-26-45-48(40,46-27-30-11-3-1-4-12-30)47-28-31-13-5-2-6-14-31/h1-18,36H,19-29H2,(H,38,39). The van der Waals surface area contributed by atoms with Crippen molar-refractivity contribution < 1.29 is 41.9 Å². The number of ether oxygens (including phenoxy) is 4. The first-order valence-corrected chi connectivity index (χ1v) is 17.5. The van der Waals surface area contributed by atoms with Crippen LogP contribution < -0.4 is 5.32 Å². The van der Waals surface area contributed by atoms with Gasteiger partial charge in [-0.15, -0.1) is 0 Å². The molecule has 0 bridgehead atoms. The van der Waals surface area contributed by atoms with Crippen LogP contribution in [-0.4, -0.2) is 65.5 Å². The number of fused-ring (bicyclic) bond motifs is 3. The second kappa shape index (κ2) is 19.2. The lowest BCUT2D eigenvalue weighted by Gasteiger charge is -2.18. The molecule has 0 saturated heterocycles. The molecule has 254 valence electrons. The number of phosphoric ester groups is 1. The van der Waals surface area contributed by atoms with Crippen molar-refractivity contribution in [2.45, 2.75) is 19.1 Å². The molecule has 4 aromatic rings. The zero-order chi connectivity index (χ0) is 33.3. The Bertz CT molecular complexity index is 1500. The van der Waals surface area contributed by atoms with Crippen LogP contribution in [0.15, 0.2) is 109 Å². The summed E-state index contributed by atoms with van der Waals surface area (Å²) in [7, 11) is -3.83. The SMILES string of the molecule is O=C(NCCOCCOCCOCCOP(=O)(OCc1ccccc1)OCc1ccccc1)OCC1c2ccccc2-c2ccccc21. The summed E-state index contributed by atoms with van der Waals surface area (Å²) < 4.78 is 52.1. The summed E-state index contributed by atoms with van der Waals surface area (Å²) in [4.78, 5) is 12.3. The van der Waals surface area contributed by atoms with Crippen LogP contribution in [0.4, 0.5) is 4.79 Å². The van der Waals surface area contributed by atoms with E-state index in [2.05, 4.69) is 29.6 Å². The zero-order valence-electron chi connectivity index (χ0n) is 26.9. The first-order valence-electron chi connectivity index (χ1n) is 16.0. The molecule has 1 amide bonds. The van der Waals surface area contributed by atoms with Crippen LogP contribution in [-0.2, 0) is 50.3 Å². The van der Waals surface area contributed by atoms with Crippen LogP contribution in [0.2, 0.25) is 0 Å². The van der Waals surface area contributed by atoms with Gasteiger partial charge >= 0.3 is 13.9 Å². The van der Waals surface area contributed by atoms with Crippen molar-refractivity contribution in [1.29, 1.82) is 0 Å². The van der Waals surface area contributed by atoms with Crippen molar-refractivity contribution >= 4 is 13.9 Å². The van der Waals surface area contributed by atoms with Gasteiger partial charge in [-0.05, 0) is 33.4 Å². The van der Waals surface area contributed by atoms with Gasteiger partial charge in [0, 0.05) is 12.5 Å². The monoisotopic (exact) mass is 675 g/mol. The Balaban J connectivity index is 0.878. The highest BCUT2D eigenvalue weighted by molar-refractivity contribution is 7.48. The fourth-order valence-corrected chi connectivity index (χ4v) is 6.33. The minimum atomic E-state index is -3.83. The van der Waals surface area contributed by atoms with Gasteiger partial charge in [0.05, 0.1) is 59.5 Å². The highest BCUT2D eigenvalue weighted by Crippen LogP contribution is 2.51. The Morgan fingerprint density at radius 3 is 1.56 bits per heavy atom. The molecule has 1 N–H and O–H groups in total. The molecule has 10 nitrogen and oxygen atoms in total. The van der Waals surface area contributed by atoms with Crippen molar-refractivity contribution in [2.75, 3.05) is 59.4 Å². The maximum Gasteiger partial charge on any atom is 0.475 e. The lowest BCUT2D eigenvalue weighted by Crippen LogP contribution is -2.29. The van der Waals surface area contributed by atoms with Gasteiger partial charge in [0.15, 0.2) is 0 Å². The summed E-state index contributed by atoms with van der Waals surface area (Å²) in [5.41, 5.74) is 6.44. The van der Waals surface area contributed by atoms with E-state index in [9.17, 15) is 9.36 Å². The minimum Gasteiger partial charge on any atom is -0.449 e. The predicted octanol–water partition coefficient (Wildman–Crippen LogP) is 7.13. The molecule has 1 aliphatic carbocycles. The highest BCUT2D eigenvalue weighted by Gasteiger charge is 2.29. The molecule has 0 aliphatic heterocycles. The average molecular weight is 676 g/mol. The van der Waals surface area contributed by atoms with Gasteiger partial charge in [0.1, 0.15) is 6.61 Å². The first-order chi connectivity index (χ1) is 23.6. The zero-order valence-corrected chi connectivity index (χ0v) is 27.8. The van der Waals surface area contributed by atoms with E-state index in [1.54, 1.807) is 0 Å². The lowest BCUT2D eigenvalue weighted by molar-refractivity contribution is 0.00533. The molecule has 0 heterocycles. The van der Waals surface area contributed by atoms with E-state index in [1.807, 2.05) is 84.9 Å². The summed E-state index contributed by atoms with van der Waals surface area (Å²) in [5, 5.41) is 2.73. The molecule has 0 atom stereocenters. The third-order valence-corrected chi connectivity index (χ3v) is 8.93. The molecular weight excluding hydrogens is 633 g/mol. The fraction of sp³-hybridized carbons (Fsp3) is 0.324. The second-order valence-corrected chi connectivity index (χ2v) is 12.6. The molecule has 0 spiro atoms. The Morgan fingerprint density at radius 2 is 1.02 bits per heavy atom. The van der Waals surface area contributed by atoms with Crippen LogP contribution >= 0.6 is 7.82 Å². The average Bonchev–Trinajstić information content (AvgIpc) is 3.45. The van der Waals surface area contributed by atoms with E-state index in [4.69, 9.17) is 32.5 Å². The number of alkyl carbamates (subject to hydrolysis) is 1. The topological polar surface area (TPSA) is 111 Å². The number of rotatable bonds is 21. The van der Waals surface area contributed by atoms with E-state index in [0.29, 0.717) is 39.6 Å². The molecule has 0 aromatic heterocycles. The van der Waals surface area contributed by atoms with Crippen molar-refractivity contribution in [1.82, 2.24) is 5.32 Å². The molecule has 0 unspecified atom stereocenters. The normalized spacial score (nSPS) is 12.4. The number of benzene rings is 4. The molecule has 0 radical (unpaired) electrons. The second-order valence-electron chi connectivity index (χ2n) is 10.9. The molecular formula is C37H42NO9P. The summed E-state index contributed by atoms with van der Waals surface area (Å²) in [6.07, 6.45) is -0.472. The molecule has 4 aromatic carbocycles. The van der Waals surface area contributed by atoms with Gasteiger partial charge in [-0.3, -0.25) is 13.6 Å². The van der Waals surface area contributed by atoms with Gasteiger partial charge in [-0.25, -0.2) is 9.36 Å². The van der Waals surface area contributed by atoms with Gasteiger partial charge < -0.3 is 24.3 Å². The molecule has 48 heavy (non-hydrogen) atoms. The van der Waals surface area contributed by atoms with Crippen LogP contribution in [0.3, 0.4) is 0 Å². The van der Waals surface area contributed by atoms with Gasteiger partial charge in [0.2, 0.25) is 0 Å². The third-order valence-electron chi connectivity index (χ3n) is 7.54. The number of carbonyl (C=O) groups excluding carboxylic acids is 1. The number of nitrogens with one attached hydrogen (secondary N) is 1. The van der Waals surface area contributed by atoms with E-state index < -0.39 is 13.9 Å². The maximum absolute atomic E-state index is 13.3. The quantitative estimate of drug-likeness (QED) is 0.0728. The minimum absolute atomic E-state index is 0.0210. The third kappa shape index (κ3) is 11.1. The Labute approximate surface area is 281 Å². The lowest BCUT2D eigenvalue weighted by atomic mass is 9.98. The highest BCUT2D eigenvalue weighted by atomic mass is 31.2. The molecule has 0 fully saturated rings. The smallest absolute Gasteiger partial charge is 0.449 e. The van der Waals surface area contributed by atoms with E-state index >= 15 is 0 Å². The van der Waals surface area contributed by atoms with Gasteiger partial charge in [-0.1, -0.05) is 109 Å². The van der Waals surface area contributed by atoms with Crippen LogP contribution in [0.1, 0.15) is 28.2 Å². The summed E-state index contributed by atoms with van der Waals surface area (Å²) >= 11 is 0. The molecule has 0 saturated carbocycles. The number of amides is 1. The van der Waals surface area contributed by atoms with Crippen LogP contribution in [0.25, 0.3) is 11.1 Å². The Morgan fingerprint density at radius 1 is 0.562 bits per heavy atom. The van der Waals surface area contributed by atoms with Crippen molar-refractivity contribution in [2.24, 2.45) is 0 Å². The van der Waals surface area contributed by atoms with Crippen LogP contribution in [0, 0.1) is 0 Å². The van der Waals surface area contributed by atoms with Crippen molar-refractivity contribution in [3.63, 3.8) is 0 Å². The fourth-order valence-electron chi connectivity index (χ4n) is 5.19. The molecule has 5 rings (SSSR count). The Kier molecular flexibility index (Phi) is 14.2. The molecule has 11 heteroatoms. The summed E-state index contributed by atoms with van der Waals surface area (Å²) in [5.74, 6) is 0.0210. The summed E-state index contributed by atoms with van der Waals surface area (Å²) in [6, 6.07) is 35.3. The number of hydrogen-bond acceptors (Lipinski definition) is 9. The van der Waals surface area contributed by atoms with E-state index in [-0.39, 0.29) is 39.0 Å². The maximum atomic E-state index is 13.3. The predicted molar refractivity (Wildman–Crippen MR) is 182 cm³/mol. The van der Waals surface area contributed by atoms with E-state index in [0.717, 1.165) is 11.1 Å². The Hall–Kier alpha value is -3.86. The molecule has 1 aliphatic rings. The van der Waals surface area contributed by atoms with E-state index in [1.165, 1.54) is 22.3 Å². The van der Waals surface area contributed by atoms with Gasteiger partial charge in [-0.2, -0.15) is 0 Å². The summed E-state index contributed by atoms with van der Waals surface area (Å²) in [6.45, 7) is 2.76. The number of carbonyl (C=O) groups is 1. The largest absolute Gasteiger partial charge is 0.475 e. The van der Waals surface area contributed by atoms with Crippen LogP contribution in [0.5, 0.6) is 0 Å². The van der Waals surface area contributed by atoms with Crippen molar-refractivity contribution in [3.8, 4) is 11.1 Å².